The molecule has 0 atom stereocenters. The zero-order valence-electron chi connectivity index (χ0n) is 8.31. The van der Waals surface area contributed by atoms with Gasteiger partial charge in [0.1, 0.15) is 0 Å². The standard InChI is InChI=1S/C10H12F2N2O/c1-2-13-9(15)6-14-8-5-3-4-7(11)10(8)12/h3-5,14H,2,6H2,1H3,(H,13,15). The van der Waals surface area contributed by atoms with Crippen molar-refractivity contribution in [1.82, 2.24) is 5.32 Å². The molecule has 15 heavy (non-hydrogen) atoms. The van der Waals surface area contributed by atoms with Crippen molar-refractivity contribution >= 4 is 11.6 Å². The Bertz CT molecular complexity index is 355. The molecule has 2 N–H and O–H groups in total. The topological polar surface area (TPSA) is 41.1 Å². The molecule has 0 heterocycles. The maximum Gasteiger partial charge on any atom is 0.239 e. The molecule has 82 valence electrons. The summed E-state index contributed by atoms with van der Waals surface area (Å²) in [6.45, 7) is 2.21. The van der Waals surface area contributed by atoms with Crippen molar-refractivity contribution in [3.05, 3.63) is 29.8 Å². The van der Waals surface area contributed by atoms with Gasteiger partial charge in [-0.3, -0.25) is 4.79 Å². The summed E-state index contributed by atoms with van der Waals surface area (Å²) in [6.07, 6.45) is 0. The fourth-order valence-corrected chi connectivity index (χ4v) is 1.08. The molecule has 0 aliphatic carbocycles. The van der Waals surface area contributed by atoms with Crippen molar-refractivity contribution in [2.45, 2.75) is 6.92 Å². The Hall–Kier alpha value is -1.65. The largest absolute Gasteiger partial charge is 0.374 e. The predicted octanol–water partition coefficient (Wildman–Crippen LogP) is 1.51. The SMILES string of the molecule is CCNC(=O)CNc1cccc(F)c1F. The molecular formula is C10H12F2N2O. The van der Waals surface area contributed by atoms with Gasteiger partial charge >= 0.3 is 0 Å². The smallest absolute Gasteiger partial charge is 0.239 e. The third-order valence-corrected chi connectivity index (χ3v) is 1.76. The first kappa shape index (κ1) is 11.4. The zero-order valence-corrected chi connectivity index (χ0v) is 8.31. The number of halogens is 2. The molecule has 1 aromatic rings. The Morgan fingerprint density at radius 2 is 2.13 bits per heavy atom. The molecule has 1 rings (SSSR count). The van der Waals surface area contributed by atoms with Crippen LogP contribution in [0.15, 0.2) is 18.2 Å². The fraction of sp³-hybridized carbons (Fsp3) is 0.300. The fourth-order valence-electron chi connectivity index (χ4n) is 1.08. The molecule has 1 aromatic carbocycles. The minimum absolute atomic E-state index is 0.0127. The van der Waals surface area contributed by atoms with Crippen LogP contribution in [-0.2, 0) is 4.79 Å². The van der Waals surface area contributed by atoms with Crippen LogP contribution >= 0.6 is 0 Å². The van der Waals surface area contributed by atoms with Crippen LogP contribution in [0.3, 0.4) is 0 Å². The number of carbonyl (C=O) groups excluding carboxylic acids is 1. The summed E-state index contributed by atoms with van der Waals surface area (Å²) >= 11 is 0. The van der Waals surface area contributed by atoms with E-state index in [9.17, 15) is 13.6 Å². The zero-order chi connectivity index (χ0) is 11.3. The Balaban J connectivity index is 2.58. The minimum Gasteiger partial charge on any atom is -0.374 e. The van der Waals surface area contributed by atoms with Gasteiger partial charge in [0.25, 0.3) is 0 Å². The normalized spacial score (nSPS) is 9.80. The monoisotopic (exact) mass is 214 g/mol. The average molecular weight is 214 g/mol. The number of benzene rings is 1. The number of nitrogens with one attached hydrogen (secondary N) is 2. The van der Waals surface area contributed by atoms with Gasteiger partial charge in [-0.1, -0.05) is 6.07 Å². The molecule has 0 aromatic heterocycles. The Kier molecular flexibility index (Phi) is 4.03. The van der Waals surface area contributed by atoms with E-state index in [-0.39, 0.29) is 18.1 Å². The second-order valence-electron chi connectivity index (χ2n) is 2.91. The van der Waals surface area contributed by atoms with E-state index < -0.39 is 11.6 Å². The van der Waals surface area contributed by atoms with Gasteiger partial charge in [0, 0.05) is 6.54 Å². The van der Waals surface area contributed by atoms with Gasteiger partial charge in [-0.25, -0.2) is 8.78 Å². The highest BCUT2D eigenvalue weighted by Gasteiger charge is 2.07. The van der Waals surface area contributed by atoms with Crippen LogP contribution in [0.4, 0.5) is 14.5 Å². The third kappa shape index (κ3) is 3.19. The van der Waals surface area contributed by atoms with E-state index in [0.717, 1.165) is 6.07 Å². The lowest BCUT2D eigenvalue weighted by molar-refractivity contribution is -0.119. The van der Waals surface area contributed by atoms with E-state index >= 15 is 0 Å². The maximum absolute atomic E-state index is 13.1. The van der Waals surface area contributed by atoms with Gasteiger partial charge in [-0.15, -0.1) is 0 Å². The van der Waals surface area contributed by atoms with Gasteiger partial charge in [-0.05, 0) is 19.1 Å². The van der Waals surface area contributed by atoms with Crippen LogP contribution in [0.25, 0.3) is 0 Å². The highest BCUT2D eigenvalue weighted by molar-refractivity contribution is 5.80. The van der Waals surface area contributed by atoms with E-state index in [0.29, 0.717) is 6.54 Å². The molecule has 0 unspecified atom stereocenters. The lowest BCUT2D eigenvalue weighted by Gasteiger charge is -2.07. The van der Waals surface area contributed by atoms with E-state index in [2.05, 4.69) is 10.6 Å². The summed E-state index contributed by atoms with van der Waals surface area (Å²) in [5, 5.41) is 5.04. The number of anilines is 1. The average Bonchev–Trinajstić information content (AvgIpc) is 2.21. The lowest BCUT2D eigenvalue weighted by Crippen LogP contribution is -2.29. The van der Waals surface area contributed by atoms with Crippen LogP contribution in [0.1, 0.15) is 6.92 Å². The van der Waals surface area contributed by atoms with Crippen molar-refractivity contribution in [2.75, 3.05) is 18.4 Å². The number of hydrogen-bond acceptors (Lipinski definition) is 2. The summed E-state index contributed by atoms with van der Waals surface area (Å²) in [6, 6.07) is 3.77. The van der Waals surface area contributed by atoms with Gasteiger partial charge in [0.2, 0.25) is 5.91 Å². The number of carbonyl (C=O) groups is 1. The highest BCUT2D eigenvalue weighted by Crippen LogP contribution is 2.15. The van der Waals surface area contributed by atoms with Crippen LogP contribution in [0.5, 0.6) is 0 Å². The second-order valence-corrected chi connectivity index (χ2v) is 2.91. The first-order chi connectivity index (χ1) is 7.15. The maximum atomic E-state index is 13.1. The summed E-state index contributed by atoms with van der Waals surface area (Å²) in [5.74, 6) is -2.17. The van der Waals surface area contributed by atoms with E-state index in [1.807, 2.05) is 0 Å². The molecule has 5 heteroatoms. The van der Waals surface area contributed by atoms with Crippen LogP contribution in [-0.4, -0.2) is 19.0 Å². The minimum atomic E-state index is -0.971. The number of rotatable bonds is 4. The summed E-state index contributed by atoms with van der Waals surface area (Å²) in [7, 11) is 0. The van der Waals surface area contributed by atoms with Crippen molar-refractivity contribution in [3.8, 4) is 0 Å². The molecule has 0 saturated heterocycles. The summed E-state index contributed by atoms with van der Waals surface area (Å²) < 4.78 is 25.8. The Morgan fingerprint density at radius 3 is 2.80 bits per heavy atom. The van der Waals surface area contributed by atoms with Gasteiger partial charge < -0.3 is 10.6 Å². The van der Waals surface area contributed by atoms with E-state index in [1.54, 1.807) is 6.92 Å². The van der Waals surface area contributed by atoms with Crippen LogP contribution < -0.4 is 10.6 Å². The second kappa shape index (κ2) is 5.29. The highest BCUT2D eigenvalue weighted by atomic mass is 19.2. The van der Waals surface area contributed by atoms with Crippen molar-refractivity contribution < 1.29 is 13.6 Å². The number of likely N-dealkylation sites (N-methyl/N-ethyl adjacent to an activating group) is 1. The molecule has 0 aliphatic rings. The van der Waals surface area contributed by atoms with Gasteiger partial charge in [0.05, 0.1) is 12.2 Å². The van der Waals surface area contributed by atoms with Crippen LogP contribution in [0.2, 0.25) is 0 Å². The first-order valence-corrected chi connectivity index (χ1v) is 4.59. The van der Waals surface area contributed by atoms with Gasteiger partial charge in [-0.2, -0.15) is 0 Å². The number of amides is 1. The quantitative estimate of drug-likeness (QED) is 0.797. The first-order valence-electron chi connectivity index (χ1n) is 4.59. The van der Waals surface area contributed by atoms with Crippen molar-refractivity contribution in [2.24, 2.45) is 0 Å². The summed E-state index contributed by atoms with van der Waals surface area (Å²) in [5.41, 5.74) is -0.0127. The molecule has 0 fully saturated rings. The lowest BCUT2D eigenvalue weighted by atomic mass is 10.3. The molecular weight excluding hydrogens is 202 g/mol. The third-order valence-electron chi connectivity index (χ3n) is 1.76. The number of hydrogen-bond donors (Lipinski definition) is 2. The van der Waals surface area contributed by atoms with Gasteiger partial charge in [0.15, 0.2) is 11.6 Å². The predicted molar refractivity (Wildman–Crippen MR) is 53.5 cm³/mol. The van der Waals surface area contributed by atoms with Crippen molar-refractivity contribution in [3.63, 3.8) is 0 Å². The van der Waals surface area contributed by atoms with E-state index in [1.165, 1.54) is 12.1 Å². The van der Waals surface area contributed by atoms with E-state index in [4.69, 9.17) is 0 Å². The molecule has 0 aliphatic heterocycles. The molecule has 0 bridgehead atoms. The molecule has 0 spiro atoms. The molecule has 0 radical (unpaired) electrons. The summed E-state index contributed by atoms with van der Waals surface area (Å²) in [4.78, 5) is 11.0. The van der Waals surface area contributed by atoms with Crippen molar-refractivity contribution in [1.29, 1.82) is 0 Å². The Labute approximate surface area is 86.5 Å². The molecule has 0 saturated carbocycles. The Morgan fingerprint density at radius 1 is 1.40 bits per heavy atom. The molecule has 3 nitrogen and oxygen atoms in total. The molecule has 1 amide bonds. The van der Waals surface area contributed by atoms with Crippen LogP contribution in [0, 0.1) is 11.6 Å².